The van der Waals surface area contributed by atoms with Gasteiger partial charge in [0.2, 0.25) is 11.8 Å². The second kappa shape index (κ2) is 11.3. The summed E-state index contributed by atoms with van der Waals surface area (Å²) in [6.45, 7) is 1.65. The molecule has 1 aromatic heterocycles. The Bertz CT molecular complexity index is 1770. The maximum atomic E-state index is 13.9. The normalized spacial score (nSPS) is 19.3. The minimum absolute atomic E-state index is 0.249. The van der Waals surface area contributed by atoms with Crippen LogP contribution in [0.3, 0.4) is 0 Å². The summed E-state index contributed by atoms with van der Waals surface area (Å²) in [5.74, 6) is -1.70. The monoisotopic (exact) mass is 621 g/mol. The molecule has 3 atom stereocenters. The molecule has 3 amide bonds. The van der Waals surface area contributed by atoms with Gasteiger partial charge in [-0.2, -0.15) is 0 Å². The molecule has 3 heterocycles. The Morgan fingerprint density at radius 1 is 1.02 bits per heavy atom. The van der Waals surface area contributed by atoms with Crippen LogP contribution in [0.25, 0.3) is 0 Å². The van der Waals surface area contributed by atoms with Gasteiger partial charge in [0.1, 0.15) is 5.25 Å². The molecule has 3 aromatic carbocycles. The van der Waals surface area contributed by atoms with Crippen LogP contribution in [0, 0.1) is 12.8 Å². The average molecular weight is 622 g/mol. The molecule has 42 heavy (non-hydrogen) atoms. The summed E-state index contributed by atoms with van der Waals surface area (Å²) < 4.78 is 11.4. The first-order valence-corrected chi connectivity index (χ1v) is 15.0. The van der Waals surface area contributed by atoms with Crippen LogP contribution in [0.2, 0.25) is 5.02 Å². The number of carbonyl (C=O) groups is 3. The number of aryl methyl sites for hydroxylation is 1. The molecule has 1 saturated heterocycles. The Labute approximate surface area is 253 Å². The summed E-state index contributed by atoms with van der Waals surface area (Å²) in [4.78, 5) is 56.9. The third-order valence-corrected chi connectivity index (χ3v) is 9.89. The highest BCUT2D eigenvalue weighted by Crippen LogP contribution is 2.53. The maximum Gasteiger partial charge on any atom is 0.305 e. The number of halogens is 1. The first-order chi connectivity index (χ1) is 20.2. The molecule has 0 saturated carbocycles. The van der Waals surface area contributed by atoms with E-state index in [0.717, 1.165) is 16.9 Å². The number of rotatable bonds is 7. The minimum Gasteiger partial charge on any atom is -0.493 e. The number of nitrogens with zero attached hydrogens (tertiary/aromatic N) is 1. The van der Waals surface area contributed by atoms with Crippen LogP contribution >= 0.6 is 34.7 Å². The van der Waals surface area contributed by atoms with Gasteiger partial charge in [0.25, 0.3) is 5.91 Å². The Hall–Kier alpha value is -4.06. The molecule has 1 fully saturated rings. The van der Waals surface area contributed by atoms with Gasteiger partial charge < -0.3 is 19.8 Å². The van der Waals surface area contributed by atoms with Crippen molar-refractivity contribution in [2.75, 3.05) is 23.9 Å². The van der Waals surface area contributed by atoms with E-state index >= 15 is 0 Å². The van der Waals surface area contributed by atoms with Crippen molar-refractivity contribution in [1.82, 2.24) is 4.98 Å². The van der Waals surface area contributed by atoms with Crippen molar-refractivity contribution < 1.29 is 23.9 Å². The van der Waals surface area contributed by atoms with Gasteiger partial charge in [-0.15, -0.1) is 0 Å². The van der Waals surface area contributed by atoms with E-state index in [2.05, 4.69) is 10.3 Å². The zero-order chi connectivity index (χ0) is 29.5. The quantitative estimate of drug-likeness (QED) is 0.272. The fourth-order valence-electron chi connectivity index (χ4n) is 5.26. The molecule has 0 aliphatic carbocycles. The molecular weight excluding hydrogens is 598 g/mol. The third kappa shape index (κ3) is 5.08. The standard InChI is InChI=1S/C30H24ClN3O6S2/c1-15-5-3-4-6-19(15)32-22(35)14-40-20-12-7-16(13-21(20)39-2)23-24-26(41-27-25(23)42-30(38)33-27)29(37)34(28(24)36)18-10-8-17(31)9-11-18/h3-13,23-24,26H,14H2,1-2H3,(H,32,35)(H,33,38)/t23-,24?,26?/m1/s1. The number of thioether (sulfide) groups is 1. The van der Waals surface area contributed by atoms with Gasteiger partial charge in [0.05, 0.1) is 23.7 Å². The van der Waals surface area contributed by atoms with Crippen LogP contribution in [0.4, 0.5) is 11.4 Å². The van der Waals surface area contributed by atoms with Crippen LogP contribution in [-0.2, 0) is 14.4 Å². The third-order valence-electron chi connectivity index (χ3n) is 7.23. The number of benzene rings is 3. The highest BCUT2D eigenvalue weighted by atomic mass is 35.5. The predicted molar refractivity (Wildman–Crippen MR) is 162 cm³/mol. The largest absolute Gasteiger partial charge is 0.493 e. The van der Waals surface area contributed by atoms with Crippen molar-refractivity contribution >= 4 is 63.8 Å². The van der Waals surface area contributed by atoms with Crippen LogP contribution < -0.4 is 24.6 Å². The second-order valence-corrected chi connectivity index (χ2v) is 12.4. The van der Waals surface area contributed by atoms with E-state index in [-0.39, 0.29) is 29.2 Å². The number of methoxy groups -OCH3 is 1. The number of ether oxygens (including phenoxy) is 2. The van der Waals surface area contributed by atoms with Gasteiger partial charge in [-0.1, -0.05) is 59.0 Å². The summed E-state index contributed by atoms with van der Waals surface area (Å²) >= 11 is 8.26. The summed E-state index contributed by atoms with van der Waals surface area (Å²) in [7, 11) is 1.48. The van der Waals surface area contributed by atoms with E-state index in [1.54, 1.807) is 42.5 Å². The zero-order valence-corrected chi connectivity index (χ0v) is 24.8. The summed E-state index contributed by atoms with van der Waals surface area (Å²) in [5, 5.41) is 3.16. The molecule has 2 aliphatic rings. The van der Waals surface area contributed by atoms with E-state index in [4.69, 9.17) is 21.1 Å². The van der Waals surface area contributed by atoms with Crippen LogP contribution in [0.5, 0.6) is 11.5 Å². The Kier molecular flexibility index (Phi) is 7.56. The van der Waals surface area contributed by atoms with Gasteiger partial charge in [-0.3, -0.25) is 19.2 Å². The fourth-order valence-corrected chi connectivity index (χ4v) is 7.90. The summed E-state index contributed by atoms with van der Waals surface area (Å²) in [5.41, 5.74) is 2.74. The van der Waals surface area contributed by atoms with Gasteiger partial charge >= 0.3 is 4.87 Å². The van der Waals surface area contributed by atoms with E-state index < -0.39 is 17.1 Å². The van der Waals surface area contributed by atoms with Gasteiger partial charge in [0.15, 0.2) is 18.1 Å². The Balaban J connectivity index is 1.30. The molecular formula is C30H24ClN3O6S2. The summed E-state index contributed by atoms with van der Waals surface area (Å²) in [6, 6.07) is 19.1. The first-order valence-electron chi connectivity index (χ1n) is 12.9. The van der Waals surface area contributed by atoms with Crippen molar-refractivity contribution in [1.29, 1.82) is 0 Å². The number of para-hydroxylation sites is 1. The molecule has 0 bridgehead atoms. The van der Waals surface area contributed by atoms with Gasteiger partial charge in [-0.05, 0) is 60.5 Å². The topological polar surface area (TPSA) is 118 Å². The number of anilines is 2. The van der Waals surface area contributed by atoms with E-state index in [0.29, 0.717) is 43.4 Å². The lowest BCUT2D eigenvalue weighted by Crippen LogP contribution is -2.32. The van der Waals surface area contributed by atoms with Crippen molar-refractivity contribution in [2.45, 2.75) is 23.1 Å². The molecule has 2 N–H and O–H groups in total. The fraction of sp³-hybridized carbons (Fsp3) is 0.200. The molecule has 4 aromatic rings. The predicted octanol–water partition coefficient (Wildman–Crippen LogP) is 5.22. The molecule has 6 rings (SSSR count). The molecule has 12 heteroatoms. The molecule has 0 spiro atoms. The Morgan fingerprint density at radius 3 is 2.52 bits per heavy atom. The summed E-state index contributed by atoms with van der Waals surface area (Å²) in [6.07, 6.45) is 0. The molecule has 2 aliphatic heterocycles. The number of H-pyrrole nitrogens is 1. The van der Waals surface area contributed by atoms with E-state index in [1.807, 2.05) is 31.2 Å². The lowest BCUT2D eigenvalue weighted by molar-refractivity contribution is -0.122. The highest BCUT2D eigenvalue weighted by molar-refractivity contribution is 8.00. The van der Waals surface area contributed by atoms with Crippen molar-refractivity contribution in [3.05, 3.63) is 97.4 Å². The minimum atomic E-state index is -0.756. The molecule has 2 unspecified atom stereocenters. The van der Waals surface area contributed by atoms with Crippen LogP contribution in [-0.4, -0.2) is 41.7 Å². The lowest BCUT2D eigenvalue weighted by atomic mass is 9.83. The molecule has 214 valence electrons. The highest BCUT2D eigenvalue weighted by Gasteiger charge is 2.56. The average Bonchev–Trinajstić information content (AvgIpc) is 3.47. The van der Waals surface area contributed by atoms with Crippen molar-refractivity contribution in [2.24, 2.45) is 5.92 Å². The second-order valence-electron chi connectivity index (χ2n) is 9.80. The number of hydrogen-bond donors (Lipinski definition) is 2. The van der Waals surface area contributed by atoms with Gasteiger partial charge in [0, 0.05) is 21.5 Å². The zero-order valence-electron chi connectivity index (χ0n) is 22.4. The number of hydrogen-bond acceptors (Lipinski definition) is 8. The van der Waals surface area contributed by atoms with Crippen molar-refractivity contribution in [3.63, 3.8) is 0 Å². The van der Waals surface area contributed by atoms with Crippen molar-refractivity contribution in [3.8, 4) is 11.5 Å². The smallest absolute Gasteiger partial charge is 0.305 e. The van der Waals surface area contributed by atoms with Gasteiger partial charge in [-0.25, -0.2) is 4.90 Å². The number of fused-ring (bicyclic) bond motifs is 2. The van der Waals surface area contributed by atoms with E-state index in [9.17, 15) is 19.2 Å². The SMILES string of the molecule is COc1cc([C@H]2c3sc(=O)[nH]c3SC3C(=O)N(c4ccc(Cl)cc4)C(=O)C32)ccc1OCC(=O)Nc1ccccc1C. The number of imide groups is 1. The number of nitrogens with one attached hydrogen (secondary N) is 2. The number of aromatic amines is 1. The lowest BCUT2D eigenvalue weighted by Gasteiger charge is -2.30. The van der Waals surface area contributed by atoms with Crippen LogP contribution in [0.1, 0.15) is 21.9 Å². The van der Waals surface area contributed by atoms with E-state index in [1.165, 1.54) is 23.8 Å². The molecule has 9 nitrogen and oxygen atoms in total. The number of amides is 3. The first kappa shape index (κ1) is 28.1. The van der Waals surface area contributed by atoms with Crippen LogP contribution in [0.15, 0.2) is 76.6 Å². The number of aromatic nitrogens is 1. The Morgan fingerprint density at radius 2 is 1.79 bits per heavy atom. The maximum absolute atomic E-state index is 13.9. The number of carbonyl (C=O) groups excluding carboxylic acids is 3. The number of thiazole rings is 1. The molecule has 0 radical (unpaired) electrons.